The van der Waals surface area contributed by atoms with Crippen LogP contribution in [0.2, 0.25) is 0 Å². The average molecular weight is 563 g/mol. The van der Waals surface area contributed by atoms with Crippen LogP contribution in [-0.4, -0.2) is 51.1 Å². The molecule has 0 aromatic rings. The molecule has 0 aliphatic carbocycles. The van der Waals surface area contributed by atoms with Gasteiger partial charge in [0.25, 0.3) is 0 Å². The van der Waals surface area contributed by atoms with Gasteiger partial charge in [-0.2, -0.15) is 0 Å². The minimum absolute atomic E-state index is 0.0858. The topological polar surface area (TPSA) is 82.0 Å². The second-order valence-corrected chi connectivity index (χ2v) is 13.8. The molecule has 5 nitrogen and oxygen atoms in total. The lowest BCUT2D eigenvalue weighted by Crippen LogP contribution is -2.52. The minimum atomic E-state index is -1.42. The normalized spacial score (nSPS) is 15.9. The molecule has 2 atom stereocenters. The van der Waals surface area contributed by atoms with E-state index in [-0.39, 0.29) is 26.4 Å². The molecule has 0 amide bonds. The van der Waals surface area contributed by atoms with Gasteiger partial charge in [-0.3, -0.25) is 0 Å². The lowest BCUT2D eigenvalue weighted by molar-refractivity contribution is -0.0251. The smallest absolute Gasteiger partial charge is 0.225 e. The molecule has 0 saturated heterocycles. The highest BCUT2D eigenvalue weighted by atomic mass is 32.2. The zero-order valence-electron chi connectivity index (χ0n) is 25.9. The van der Waals surface area contributed by atoms with Crippen LogP contribution in [-0.2, 0) is 20.6 Å². The van der Waals surface area contributed by atoms with Crippen LogP contribution in [0, 0.1) is 0 Å². The fourth-order valence-electron chi connectivity index (χ4n) is 5.28. The lowest BCUT2D eigenvalue weighted by Gasteiger charge is -2.41. The Morgan fingerprint density at radius 1 is 0.500 bits per heavy atom. The van der Waals surface area contributed by atoms with Crippen LogP contribution in [0.5, 0.6) is 0 Å². The summed E-state index contributed by atoms with van der Waals surface area (Å²) in [6.45, 7) is 8.53. The number of aliphatic hydroxyl groups excluding tert-OH is 2. The van der Waals surface area contributed by atoms with E-state index < -0.39 is 21.0 Å². The summed E-state index contributed by atoms with van der Waals surface area (Å²) in [5.41, 5.74) is 0. The molecule has 0 aromatic carbocycles. The Balaban J connectivity index is 4.65. The lowest BCUT2D eigenvalue weighted by atomic mass is 10.0. The zero-order valence-corrected chi connectivity index (χ0v) is 26.7. The van der Waals surface area contributed by atoms with Crippen molar-refractivity contribution in [3.8, 4) is 0 Å². The number of ether oxygens (including phenoxy) is 2. The Morgan fingerprint density at radius 3 is 1.03 bits per heavy atom. The first-order valence-electron chi connectivity index (χ1n) is 16.3. The van der Waals surface area contributed by atoms with Gasteiger partial charge >= 0.3 is 0 Å². The third-order valence-corrected chi connectivity index (χ3v) is 9.96. The van der Waals surface area contributed by atoms with Crippen molar-refractivity contribution in [1.29, 1.82) is 0 Å². The molecule has 2 N–H and O–H groups in total. The maximum atomic E-state index is 14.0. The van der Waals surface area contributed by atoms with E-state index in [1.54, 1.807) is 0 Å². The molecule has 0 saturated carbocycles. The van der Waals surface area contributed by atoms with Crippen LogP contribution in [0.3, 0.4) is 0 Å². The molecular weight excluding hydrogens is 496 g/mol. The van der Waals surface area contributed by atoms with Crippen molar-refractivity contribution in [2.45, 2.75) is 179 Å². The van der Waals surface area contributed by atoms with Crippen molar-refractivity contribution < 1.29 is 24.2 Å². The third-order valence-electron chi connectivity index (χ3n) is 7.75. The summed E-state index contributed by atoms with van der Waals surface area (Å²) in [5.74, 6) is 0. The molecule has 230 valence electrons. The van der Waals surface area contributed by atoms with Crippen LogP contribution in [0.4, 0.5) is 0 Å². The van der Waals surface area contributed by atoms with Gasteiger partial charge in [0.2, 0.25) is 9.87 Å². The molecule has 0 radical (unpaired) electrons. The van der Waals surface area contributed by atoms with Crippen LogP contribution in [0.15, 0.2) is 0 Å². The van der Waals surface area contributed by atoms with E-state index in [9.17, 15) is 14.8 Å². The SMILES string of the molecule is CCCCCCCCCCCCC(C)(OCCO)[S+]([O-])C(C)(CCCCCCCCCCCC)OCCO. The molecule has 2 unspecified atom stereocenters. The summed E-state index contributed by atoms with van der Waals surface area (Å²) < 4.78 is 26.1. The molecule has 0 aromatic heterocycles. The van der Waals surface area contributed by atoms with Crippen molar-refractivity contribution >= 4 is 11.2 Å². The maximum absolute atomic E-state index is 14.0. The summed E-state index contributed by atoms with van der Waals surface area (Å²) in [6, 6.07) is 0. The van der Waals surface area contributed by atoms with Crippen molar-refractivity contribution in [2.24, 2.45) is 0 Å². The number of unbranched alkanes of at least 4 members (excludes halogenated alkanes) is 18. The highest BCUT2D eigenvalue weighted by molar-refractivity contribution is 7.93. The van der Waals surface area contributed by atoms with Gasteiger partial charge in [-0.1, -0.05) is 129 Å². The van der Waals surface area contributed by atoms with Gasteiger partial charge in [0.15, 0.2) is 0 Å². The quantitative estimate of drug-likeness (QED) is 0.0675. The summed E-state index contributed by atoms with van der Waals surface area (Å²) in [4.78, 5) is -1.74. The van der Waals surface area contributed by atoms with Crippen molar-refractivity contribution in [2.75, 3.05) is 26.4 Å². The second-order valence-electron chi connectivity index (χ2n) is 11.5. The van der Waals surface area contributed by atoms with Gasteiger partial charge in [-0.15, -0.1) is 0 Å². The Kier molecular flexibility index (Phi) is 26.2. The van der Waals surface area contributed by atoms with Crippen LogP contribution >= 0.6 is 0 Å². The minimum Gasteiger partial charge on any atom is -0.612 e. The maximum Gasteiger partial charge on any atom is 0.225 e. The Hall–Kier alpha value is 0.150. The summed E-state index contributed by atoms with van der Waals surface area (Å²) in [7, 11) is 0. The largest absolute Gasteiger partial charge is 0.612 e. The van der Waals surface area contributed by atoms with E-state index in [1.165, 1.54) is 103 Å². The Bertz CT molecular complexity index is 452. The van der Waals surface area contributed by atoms with Gasteiger partial charge in [0, 0.05) is 37.9 Å². The number of hydrogen-bond donors (Lipinski definition) is 2. The molecular formula is C32H66O5S. The van der Waals surface area contributed by atoms with Gasteiger partial charge in [0.1, 0.15) is 0 Å². The molecule has 0 bridgehead atoms. The van der Waals surface area contributed by atoms with Gasteiger partial charge in [-0.25, -0.2) is 0 Å². The highest BCUT2D eigenvalue weighted by Gasteiger charge is 2.50. The molecule has 0 spiro atoms. The van der Waals surface area contributed by atoms with Gasteiger partial charge in [-0.05, 0) is 12.8 Å². The molecule has 0 fully saturated rings. The van der Waals surface area contributed by atoms with Crippen molar-refractivity contribution in [3.05, 3.63) is 0 Å². The molecule has 6 heteroatoms. The van der Waals surface area contributed by atoms with Crippen LogP contribution in [0.1, 0.15) is 169 Å². The van der Waals surface area contributed by atoms with Crippen LogP contribution in [0.25, 0.3) is 0 Å². The second kappa shape index (κ2) is 26.1. The zero-order chi connectivity index (χ0) is 28.4. The van der Waals surface area contributed by atoms with Crippen LogP contribution < -0.4 is 0 Å². The molecule has 0 rings (SSSR count). The van der Waals surface area contributed by atoms with Gasteiger partial charge in [0.05, 0.1) is 26.4 Å². The van der Waals surface area contributed by atoms with Gasteiger partial charge < -0.3 is 24.2 Å². The Labute approximate surface area is 240 Å². The first-order chi connectivity index (χ1) is 18.4. The highest BCUT2D eigenvalue weighted by Crippen LogP contribution is 2.39. The summed E-state index contributed by atoms with van der Waals surface area (Å²) in [6.07, 6.45) is 26.4. The Morgan fingerprint density at radius 2 is 0.763 bits per heavy atom. The number of aliphatic hydroxyl groups is 2. The summed E-state index contributed by atoms with van der Waals surface area (Å²) >= 11 is -1.42. The van der Waals surface area contributed by atoms with Crippen molar-refractivity contribution in [1.82, 2.24) is 0 Å². The summed E-state index contributed by atoms with van der Waals surface area (Å²) in [5, 5.41) is 18.8. The van der Waals surface area contributed by atoms with E-state index in [4.69, 9.17) is 9.47 Å². The first kappa shape index (κ1) is 38.1. The van der Waals surface area contributed by atoms with E-state index in [2.05, 4.69) is 13.8 Å². The predicted octanol–water partition coefficient (Wildman–Crippen LogP) is 8.81. The van der Waals surface area contributed by atoms with E-state index in [1.807, 2.05) is 13.8 Å². The number of rotatable bonds is 30. The first-order valence-corrected chi connectivity index (χ1v) is 17.5. The number of hydrogen-bond acceptors (Lipinski definition) is 5. The third kappa shape index (κ3) is 19.3. The fourth-order valence-corrected chi connectivity index (χ4v) is 7.24. The van der Waals surface area contributed by atoms with E-state index >= 15 is 0 Å². The van der Waals surface area contributed by atoms with E-state index in [0.29, 0.717) is 12.8 Å². The standard InChI is InChI=1S/C32H66O5S/c1-5-7-9-11-13-15-17-19-21-23-25-31(3,36-29-27-33)38(35)32(4,37-30-28-34)26-24-22-20-18-16-14-12-10-8-6-2/h33-34H,5-30H2,1-4H3. The molecule has 0 aliphatic heterocycles. The molecule has 38 heavy (non-hydrogen) atoms. The monoisotopic (exact) mass is 562 g/mol. The van der Waals surface area contributed by atoms with E-state index in [0.717, 1.165) is 25.7 Å². The fraction of sp³-hybridized carbons (Fsp3) is 1.00. The predicted molar refractivity (Wildman–Crippen MR) is 164 cm³/mol. The average Bonchev–Trinajstić information content (AvgIpc) is 2.92. The molecule has 0 heterocycles. The molecule has 0 aliphatic rings. The van der Waals surface area contributed by atoms with Crippen molar-refractivity contribution in [3.63, 3.8) is 0 Å².